The summed E-state index contributed by atoms with van der Waals surface area (Å²) in [4.78, 5) is 17.4. The van der Waals surface area contributed by atoms with Crippen LogP contribution in [0, 0.1) is 0 Å². The molecule has 0 saturated heterocycles. The van der Waals surface area contributed by atoms with E-state index in [9.17, 15) is 4.79 Å². The highest BCUT2D eigenvalue weighted by molar-refractivity contribution is 6.30. The third-order valence-corrected chi connectivity index (χ3v) is 4.79. The van der Waals surface area contributed by atoms with E-state index in [0.29, 0.717) is 17.1 Å². The molecule has 5 rings (SSSR count). The van der Waals surface area contributed by atoms with Crippen LogP contribution in [0.4, 0.5) is 0 Å². The van der Waals surface area contributed by atoms with Gasteiger partial charge < -0.3 is 9.47 Å². The SMILES string of the molecule is O=c1c2c(nc3ccc(Cl)cn13)C(=Cc1ccc3c(c1)OCO3)CC2. The fraction of sp³-hybridized carbons (Fsp3) is 0.158. The Kier molecular flexibility index (Phi) is 3.12. The highest BCUT2D eigenvalue weighted by atomic mass is 35.5. The molecular formula is C19H13ClN2O3. The van der Waals surface area contributed by atoms with Crippen molar-refractivity contribution in [1.29, 1.82) is 0 Å². The highest BCUT2D eigenvalue weighted by Crippen LogP contribution is 2.35. The van der Waals surface area contributed by atoms with Gasteiger partial charge in [-0.3, -0.25) is 9.20 Å². The summed E-state index contributed by atoms with van der Waals surface area (Å²) in [6.45, 7) is 0.255. The molecule has 0 radical (unpaired) electrons. The van der Waals surface area contributed by atoms with Gasteiger partial charge >= 0.3 is 0 Å². The first kappa shape index (κ1) is 14.5. The molecule has 0 N–H and O–H groups in total. The number of ether oxygens (including phenoxy) is 2. The molecule has 0 fully saturated rings. The largest absolute Gasteiger partial charge is 0.454 e. The Morgan fingerprint density at radius 3 is 2.92 bits per heavy atom. The van der Waals surface area contributed by atoms with Gasteiger partial charge in [0.05, 0.1) is 10.7 Å². The molecule has 6 heteroatoms. The Morgan fingerprint density at radius 2 is 2.00 bits per heavy atom. The lowest BCUT2D eigenvalue weighted by atomic mass is 10.1. The van der Waals surface area contributed by atoms with E-state index in [1.165, 1.54) is 4.40 Å². The third kappa shape index (κ3) is 2.31. The van der Waals surface area contributed by atoms with Gasteiger partial charge in [0.1, 0.15) is 5.65 Å². The fourth-order valence-electron chi connectivity index (χ4n) is 3.36. The van der Waals surface area contributed by atoms with E-state index in [-0.39, 0.29) is 12.4 Å². The van der Waals surface area contributed by atoms with Gasteiger partial charge in [-0.25, -0.2) is 4.98 Å². The van der Waals surface area contributed by atoms with E-state index in [1.807, 2.05) is 18.2 Å². The molecule has 2 aliphatic rings. The summed E-state index contributed by atoms with van der Waals surface area (Å²) in [6.07, 6.45) is 5.16. The minimum atomic E-state index is -0.0448. The molecule has 3 aromatic rings. The van der Waals surface area contributed by atoms with Crippen LogP contribution in [0.3, 0.4) is 0 Å². The molecule has 5 nitrogen and oxygen atoms in total. The fourth-order valence-corrected chi connectivity index (χ4v) is 3.52. The van der Waals surface area contributed by atoms with Crippen LogP contribution in [0.5, 0.6) is 11.5 Å². The van der Waals surface area contributed by atoms with Crippen molar-refractivity contribution in [2.24, 2.45) is 0 Å². The van der Waals surface area contributed by atoms with Crippen LogP contribution in [-0.4, -0.2) is 16.2 Å². The van der Waals surface area contributed by atoms with Crippen LogP contribution in [0.2, 0.25) is 5.02 Å². The summed E-state index contributed by atoms with van der Waals surface area (Å²) in [5.41, 5.74) is 4.15. The van der Waals surface area contributed by atoms with Crippen molar-refractivity contribution in [1.82, 2.24) is 9.38 Å². The smallest absolute Gasteiger partial charge is 0.261 e. The van der Waals surface area contributed by atoms with Gasteiger partial charge in [-0.1, -0.05) is 17.7 Å². The molecule has 2 aromatic heterocycles. The van der Waals surface area contributed by atoms with E-state index in [1.54, 1.807) is 18.3 Å². The number of nitrogens with zero attached hydrogens (tertiary/aromatic N) is 2. The molecule has 124 valence electrons. The second-order valence-corrected chi connectivity index (χ2v) is 6.54. The maximum absolute atomic E-state index is 12.7. The van der Waals surface area contributed by atoms with Crippen molar-refractivity contribution in [3.8, 4) is 11.5 Å². The van der Waals surface area contributed by atoms with Crippen molar-refractivity contribution in [3.63, 3.8) is 0 Å². The Balaban J connectivity index is 1.64. The quantitative estimate of drug-likeness (QED) is 0.672. The highest BCUT2D eigenvalue weighted by Gasteiger charge is 2.23. The van der Waals surface area contributed by atoms with Gasteiger partial charge in [0.25, 0.3) is 5.56 Å². The Hall–Kier alpha value is -2.79. The van der Waals surface area contributed by atoms with Gasteiger partial charge in [0.15, 0.2) is 11.5 Å². The van der Waals surface area contributed by atoms with Crippen molar-refractivity contribution >= 4 is 28.9 Å². The number of rotatable bonds is 1. The Morgan fingerprint density at radius 1 is 1.12 bits per heavy atom. The van der Waals surface area contributed by atoms with Crippen molar-refractivity contribution in [3.05, 3.63) is 68.7 Å². The number of halogens is 1. The topological polar surface area (TPSA) is 52.8 Å². The van der Waals surface area contributed by atoms with Crippen LogP contribution >= 0.6 is 11.6 Å². The van der Waals surface area contributed by atoms with Crippen molar-refractivity contribution in [2.75, 3.05) is 6.79 Å². The summed E-state index contributed by atoms with van der Waals surface area (Å²) >= 11 is 6.00. The molecule has 1 aliphatic carbocycles. The lowest BCUT2D eigenvalue weighted by Crippen LogP contribution is -2.19. The minimum Gasteiger partial charge on any atom is -0.454 e. The summed E-state index contributed by atoms with van der Waals surface area (Å²) in [5, 5.41) is 0.519. The molecule has 0 atom stereocenters. The number of allylic oxidation sites excluding steroid dienone is 1. The summed E-state index contributed by atoms with van der Waals surface area (Å²) in [5.74, 6) is 1.50. The zero-order chi connectivity index (χ0) is 17.0. The molecule has 1 aliphatic heterocycles. The predicted molar refractivity (Wildman–Crippen MR) is 95.2 cm³/mol. The Bertz CT molecular complexity index is 1120. The second-order valence-electron chi connectivity index (χ2n) is 6.10. The standard InChI is InChI=1S/C19H13ClN2O3/c20-13-3-6-17-21-18-12(2-4-14(18)19(23)22(17)9-13)7-11-1-5-15-16(8-11)25-10-24-15/h1,3,5-9H,2,4,10H2. The van der Waals surface area contributed by atoms with Crippen molar-refractivity contribution in [2.45, 2.75) is 12.8 Å². The van der Waals surface area contributed by atoms with Gasteiger partial charge in [0, 0.05) is 11.8 Å². The lowest BCUT2D eigenvalue weighted by Gasteiger charge is -2.06. The van der Waals surface area contributed by atoms with E-state index < -0.39 is 0 Å². The molecule has 0 bridgehead atoms. The van der Waals surface area contributed by atoms with Crippen LogP contribution in [-0.2, 0) is 6.42 Å². The van der Waals surface area contributed by atoms with Crippen LogP contribution < -0.4 is 15.0 Å². The molecular weight excluding hydrogens is 340 g/mol. The van der Waals surface area contributed by atoms with Crippen molar-refractivity contribution < 1.29 is 9.47 Å². The molecule has 0 amide bonds. The average molecular weight is 353 g/mol. The summed E-state index contributed by atoms with van der Waals surface area (Å²) < 4.78 is 12.3. The molecule has 3 heterocycles. The first-order valence-corrected chi connectivity index (χ1v) is 8.38. The average Bonchev–Trinajstić information content (AvgIpc) is 3.23. The first-order valence-electron chi connectivity index (χ1n) is 8.00. The molecule has 0 spiro atoms. The number of pyridine rings is 1. The Labute approximate surface area is 148 Å². The monoisotopic (exact) mass is 352 g/mol. The van der Waals surface area contributed by atoms with Gasteiger partial charge in [-0.05, 0) is 54.3 Å². The number of hydrogen-bond acceptors (Lipinski definition) is 4. The number of fused-ring (bicyclic) bond motifs is 3. The van der Waals surface area contributed by atoms with Crippen LogP contribution in [0.1, 0.15) is 23.2 Å². The van der Waals surface area contributed by atoms with Crippen LogP contribution in [0.25, 0.3) is 17.3 Å². The third-order valence-electron chi connectivity index (χ3n) is 4.57. The molecule has 0 unspecified atom stereocenters. The second kappa shape index (κ2) is 5.36. The summed E-state index contributed by atoms with van der Waals surface area (Å²) in [7, 11) is 0. The van der Waals surface area contributed by atoms with Gasteiger partial charge in [-0.2, -0.15) is 0 Å². The maximum atomic E-state index is 12.7. The van der Waals surface area contributed by atoms with E-state index in [0.717, 1.165) is 40.3 Å². The van der Waals surface area contributed by atoms with Gasteiger partial charge in [0.2, 0.25) is 6.79 Å². The van der Waals surface area contributed by atoms with E-state index >= 15 is 0 Å². The maximum Gasteiger partial charge on any atom is 0.261 e. The van der Waals surface area contributed by atoms with Gasteiger partial charge in [-0.15, -0.1) is 0 Å². The molecule has 0 saturated carbocycles. The first-order chi connectivity index (χ1) is 12.2. The number of hydrogen-bond donors (Lipinski definition) is 0. The zero-order valence-electron chi connectivity index (χ0n) is 13.2. The van der Waals surface area contributed by atoms with E-state index in [4.69, 9.17) is 21.1 Å². The molecule has 1 aromatic carbocycles. The zero-order valence-corrected chi connectivity index (χ0v) is 13.9. The normalized spacial score (nSPS) is 16.6. The lowest BCUT2D eigenvalue weighted by molar-refractivity contribution is 0.174. The number of benzene rings is 1. The molecule has 25 heavy (non-hydrogen) atoms. The predicted octanol–water partition coefficient (Wildman–Crippen LogP) is 3.56. The summed E-state index contributed by atoms with van der Waals surface area (Å²) in [6, 6.07) is 9.33. The minimum absolute atomic E-state index is 0.0448. The van der Waals surface area contributed by atoms with E-state index in [2.05, 4.69) is 11.1 Å². The number of aromatic nitrogens is 2. The van der Waals surface area contributed by atoms with Crippen LogP contribution in [0.15, 0.2) is 41.3 Å².